The number of benzene rings is 4. The van der Waals surface area contributed by atoms with Crippen molar-refractivity contribution in [3.05, 3.63) is 123 Å². The Morgan fingerprint density at radius 3 is 2.42 bits per heavy atom. The summed E-state index contributed by atoms with van der Waals surface area (Å²) in [5.74, 6) is 0.607. The molecule has 0 nitrogen and oxygen atoms in total. The van der Waals surface area contributed by atoms with Crippen molar-refractivity contribution in [2.24, 2.45) is 0 Å². The maximum atomic E-state index is 2.50. The second kappa shape index (κ2) is 7.81. The smallest absolute Gasteiger partial charge is 0.0159 e. The Labute approximate surface area is 215 Å². The van der Waals surface area contributed by atoms with E-state index in [0.717, 1.165) is 6.42 Å². The van der Waals surface area contributed by atoms with Crippen LogP contribution in [0.4, 0.5) is 0 Å². The summed E-state index contributed by atoms with van der Waals surface area (Å²) in [4.78, 5) is 0. The molecule has 0 amide bonds. The summed E-state index contributed by atoms with van der Waals surface area (Å²) in [7, 11) is 0. The molecule has 3 aliphatic rings. The molecule has 0 saturated heterocycles. The van der Waals surface area contributed by atoms with Crippen LogP contribution < -0.4 is 0 Å². The van der Waals surface area contributed by atoms with E-state index in [1.165, 1.54) is 85.7 Å². The molecule has 1 atom stereocenters. The lowest BCUT2D eigenvalue weighted by atomic mass is 9.75. The van der Waals surface area contributed by atoms with E-state index in [4.69, 9.17) is 0 Å². The molecular formula is C36H34. The minimum absolute atomic E-state index is 0.00995. The average Bonchev–Trinajstić information content (AvgIpc) is 3.11. The summed E-state index contributed by atoms with van der Waals surface area (Å²) in [6.07, 6.45) is 9.36. The zero-order valence-electron chi connectivity index (χ0n) is 21.9. The molecule has 1 unspecified atom stereocenters. The van der Waals surface area contributed by atoms with E-state index in [1.807, 2.05) is 0 Å². The molecule has 0 N–H and O–H groups in total. The molecule has 0 aromatic heterocycles. The second-order valence-electron chi connectivity index (χ2n) is 11.8. The molecule has 0 spiro atoms. The van der Waals surface area contributed by atoms with Crippen LogP contribution in [0.5, 0.6) is 0 Å². The highest BCUT2D eigenvalue weighted by atomic mass is 14.4. The quantitative estimate of drug-likeness (QED) is 0.276. The topological polar surface area (TPSA) is 0 Å². The third-order valence-corrected chi connectivity index (χ3v) is 9.13. The zero-order chi connectivity index (χ0) is 24.6. The average molecular weight is 467 g/mol. The van der Waals surface area contributed by atoms with E-state index in [1.54, 1.807) is 5.57 Å². The minimum atomic E-state index is 0.00995. The molecule has 0 aliphatic heterocycles. The first kappa shape index (κ1) is 21.9. The number of hydrogen-bond acceptors (Lipinski definition) is 0. The van der Waals surface area contributed by atoms with Gasteiger partial charge in [-0.2, -0.15) is 0 Å². The van der Waals surface area contributed by atoms with Gasteiger partial charge in [0.05, 0.1) is 0 Å². The lowest BCUT2D eigenvalue weighted by molar-refractivity contribution is 0.659. The summed E-state index contributed by atoms with van der Waals surface area (Å²) in [5, 5.41) is 2.76. The van der Waals surface area contributed by atoms with Gasteiger partial charge in [-0.1, -0.05) is 105 Å². The van der Waals surface area contributed by atoms with E-state index in [2.05, 4.69) is 107 Å². The van der Waals surface area contributed by atoms with Crippen LogP contribution in [0.2, 0.25) is 0 Å². The van der Waals surface area contributed by atoms with E-state index >= 15 is 0 Å². The zero-order valence-corrected chi connectivity index (χ0v) is 21.9. The Balaban J connectivity index is 1.28. The van der Waals surface area contributed by atoms with E-state index < -0.39 is 0 Å². The van der Waals surface area contributed by atoms with Gasteiger partial charge in [0.15, 0.2) is 0 Å². The van der Waals surface area contributed by atoms with Gasteiger partial charge in [0, 0.05) is 5.41 Å². The number of fused-ring (bicyclic) bond motifs is 7. The Morgan fingerprint density at radius 2 is 1.58 bits per heavy atom. The standard InChI is InChI=1S/C36H34/c1-22-17-26-9-5-6-11-28(26)29-15-13-24(20-32(22)29)19-25-14-16-31-33(21-25)36(3,4)34-18-23(2)27-10-7-8-12-30(27)35(31)34/h6-8,10-16,18,20-22H,5,9,17,19H2,1-4H3. The second-order valence-corrected chi connectivity index (χ2v) is 11.8. The molecule has 3 aliphatic carbocycles. The first-order valence-corrected chi connectivity index (χ1v) is 13.6. The first-order chi connectivity index (χ1) is 17.4. The molecule has 178 valence electrons. The van der Waals surface area contributed by atoms with Crippen LogP contribution in [-0.2, 0) is 11.8 Å². The van der Waals surface area contributed by atoms with Crippen molar-refractivity contribution in [2.45, 2.75) is 64.7 Å². The van der Waals surface area contributed by atoms with Crippen molar-refractivity contribution < 1.29 is 0 Å². The highest BCUT2D eigenvalue weighted by Crippen LogP contribution is 2.52. The molecule has 0 heterocycles. The van der Waals surface area contributed by atoms with Crippen LogP contribution in [0.3, 0.4) is 0 Å². The predicted molar refractivity (Wildman–Crippen MR) is 154 cm³/mol. The Hall–Kier alpha value is -3.38. The van der Waals surface area contributed by atoms with Gasteiger partial charge in [-0.3, -0.25) is 0 Å². The third kappa shape index (κ3) is 3.13. The molecule has 4 aromatic rings. The summed E-state index contributed by atoms with van der Waals surface area (Å²) in [6, 6.07) is 25.9. The molecule has 4 aromatic carbocycles. The van der Waals surface area contributed by atoms with Crippen molar-refractivity contribution in [1.29, 1.82) is 0 Å². The summed E-state index contributed by atoms with van der Waals surface area (Å²) in [6.45, 7) is 9.47. The lowest BCUT2D eigenvalue weighted by Crippen LogP contribution is -2.15. The van der Waals surface area contributed by atoms with Gasteiger partial charge in [-0.15, -0.1) is 0 Å². The Kier molecular flexibility index (Phi) is 4.74. The van der Waals surface area contributed by atoms with Crippen LogP contribution in [0, 0.1) is 6.92 Å². The van der Waals surface area contributed by atoms with Crippen LogP contribution in [0.1, 0.15) is 84.9 Å². The van der Waals surface area contributed by atoms with Crippen LogP contribution in [0.25, 0.3) is 27.5 Å². The van der Waals surface area contributed by atoms with Gasteiger partial charge in [-0.25, -0.2) is 0 Å². The number of hydrogen-bond donors (Lipinski definition) is 0. The largest absolute Gasteiger partial charge is 0.0836 e. The maximum Gasteiger partial charge on any atom is 0.0159 e. The Morgan fingerprint density at radius 1 is 0.833 bits per heavy atom. The SMILES string of the molecule is Cc1cc2c(c3ccccc13)-c1ccc(Cc3ccc4c(c3)C(C)CC3=C4C=CCC3)cc1C2(C)C. The number of allylic oxidation sites excluding steroid dienone is 4. The predicted octanol–water partition coefficient (Wildman–Crippen LogP) is 9.66. The van der Waals surface area contributed by atoms with Crippen molar-refractivity contribution in [1.82, 2.24) is 0 Å². The van der Waals surface area contributed by atoms with Crippen LogP contribution in [-0.4, -0.2) is 0 Å². The molecule has 0 bridgehead atoms. The van der Waals surface area contributed by atoms with Crippen LogP contribution in [0.15, 0.2) is 84.5 Å². The highest BCUT2D eigenvalue weighted by molar-refractivity contribution is 6.03. The van der Waals surface area contributed by atoms with Gasteiger partial charge in [0.1, 0.15) is 0 Å². The van der Waals surface area contributed by atoms with E-state index in [0.29, 0.717) is 5.92 Å². The Bertz CT molecular complexity index is 1620. The summed E-state index contributed by atoms with van der Waals surface area (Å²) in [5.41, 5.74) is 16.2. The molecule has 0 radical (unpaired) electrons. The van der Waals surface area contributed by atoms with Gasteiger partial charge in [0.25, 0.3) is 0 Å². The fraction of sp³-hybridized carbons (Fsp3) is 0.278. The third-order valence-electron chi connectivity index (χ3n) is 9.13. The number of rotatable bonds is 2. The molecule has 7 rings (SSSR count). The maximum absolute atomic E-state index is 2.50. The molecule has 0 fully saturated rings. The van der Waals surface area contributed by atoms with Crippen molar-refractivity contribution in [2.75, 3.05) is 0 Å². The molecule has 0 saturated carbocycles. The van der Waals surface area contributed by atoms with Crippen LogP contribution >= 0.6 is 0 Å². The summed E-state index contributed by atoms with van der Waals surface area (Å²) >= 11 is 0. The fourth-order valence-electron chi connectivity index (χ4n) is 7.22. The van der Waals surface area contributed by atoms with Crippen molar-refractivity contribution >= 4 is 16.3 Å². The normalized spacial score (nSPS) is 19.2. The first-order valence-electron chi connectivity index (χ1n) is 13.6. The number of aryl methyl sites for hydroxylation is 1. The molecular weight excluding hydrogens is 432 g/mol. The van der Waals surface area contributed by atoms with Crippen molar-refractivity contribution in [3.63, 3.8) is 0 Å². The van der Waals surface area contributed by atoms with Gasteiger partial charge in [-0.05, 0) is 105 Å². The summed E-state index contributed by atoms with van der Waals surface area (Å²) < 4.78 is 0. The lowest BCUT2D eigenvalue weighted by Gasteiger charge is -2.29. The molecule has 36 heavy (non-hydrogen) atoms. The van der Waals surface area contributed by atoms with Crippen molar-refractivity contribution in [3.8, 4) is 11.1 Å². The van der Waals surface area contributed by atoms with E-state index in [-0.39, 0.29) is 5.41 Å². The minimum Gasteiger partial charge on any atom is -0.0836 e. The van der Waals surface area contributed by atoms with E-state index in [9.17, 15) is 0 Å². The van der Waals surface area contributed by atoms with Gasteiger partial charge < -0.3 is 0 Å². The fourth-order valence-corrected chi connectivity index (χ4v) is 7.22. The monoisotopic (exact) mass is 466 g/mol. The van der Waals surface area contributed by atoms with Gasteiger partial charge >= 0.3 is 0 Å². The highest BCUT2D eigenvalue weighted by Gasteiger charge is 2.37. The van der Waals surface area contributed by atoms with Gasteiger partial charge in [0.2, 0.25) is 0 Å². The molecule has 0 heteroatoms.